The summed E-state index contributed by atoms with van der Waals surface area (Å²) < 4.78 is 24.0. The zero-order valence-electron chi connectivity index (χ0n) is 13.3. The predicted octanol–water partition coefficient (Wildman–Crippen LogP) is 2.91. The number of nitrogens with zero attached hydrogens (tertiary/aromatic N) is 1. The molecule has 0 fully saturated rings. The molecule has 0 atom stereocenters. The molecule has 0 bridgehead atoms. The maximum absolute atomic E-state index is 13.4. The van der Waals surface area contributed by atoms with Crippen LogP contribution in [-0.2, 0) is 11.2 Å². The minimum atomic E-state index is -0.407. The molecule has 0 radical (unpaired) electrons. The number of methoxy groups -OCH3 is 1. The molecular weight excluding hydrogens is 297 g/mol. The third kappa shape index (κ3) is 4.71. The summed E-state index contributed by atoms with van der Waals surface area (Å²) in [6.45, 7) is 0.609. The number of carbonyl (C=O) groups is 1. The lowest BCUT2D eigenvalue weighted by molar-refractivity contribution is -0.129. The van der Waals surface area contributed by atoms with Gasteiger partial charge in [-0.15, -0.1) is 0 Å². The third-order valence-corrected chi connectivity index (χ3v) is 3.48. The fraction of sp³-hybridized carbons (Fsp3) is 0.278. The molecule has 4 nitrogen and oxygen atoms in total. The number of rotatable bonds is 7. The Hall–Kier alpha value is -2.56. The Bertz CT molecular complexity index is 660. The monoisotopic (exact) mass is 317 g/mol. The van der Waals surface area contributed by atoms with Crippen molar-refractivity contribution >= 4 is 5.91 Å². The van der Waals surface area contributed by atoms with Gasteiger partial charge in [0, 0.05) is 12.6 Å². The van der Waals surface area contributed by atoms with E-state index in [0.29, 0.717) is 12.3 Å². The first kappa shape index (κ1) is 16.8. The van der Waals surface area contributed by atoms with Gasteiger partial charge in [-0.3, -0.25) is 4.79 Å². The van der Waals surface area contributed by atoms with E-state index < -0.39 is 5.82 Å². The van der Waals surface area contributed by atoms with Crippen LogP contribution in [0.5, 0.6) is 11.5 Å². The van der Waals surface area contributed by atoms with Gasteiger partial charge in [-0.2, -0.15) is 0 Å². The average molecular weight is 317 g/mol. The lowest BCUT2D eigenvalue weighted by Gasteiger charge is -2.18. The fourth-order valence-corrected chi connectivity index (χ4v) is 2.13. The molecular formula is C18H20FNO3. The molecule has 23 heavy (non-hydrogen) atoms. The molecule has 0 heterocycles. The van der Waals surface area contributed by atoms with E-state index in [2.05, 4.69) is 0 Å². The van der Waals surface area contributed by atoms with E-state index in [0.717, 1.165) is 5.56 Å². The Balaban J connectivity index is 1.84. The lowest BCUT2D eigenvalue weighted by atomic mass is 10.1. The molecule has 2 aromatic rings. The van der Waals surface area contributed by atoms with Crippen LogP contribution in [0, 0.1) is 5.82 Å². The van der Waals surface area contributed by atoms with Crippen LogP contribution < -0.4 is 9.47 Å². The molecule has 0 aromatic heterocycles. The summed E-state index contributed by atoms with van der Waals surface area (Å²) in [4.78, 5) is 13.8. The summed E-state index contributed by atoms with van der Waals surface area (Å²) in [7, 11) is 3.28. The van der Waals surface area contributed by atoms with Crippen LogP contribution in [-0.4, -0.2) is 38.1 Å². The maximum Gasteiger partial charge on any atom is 0.226 e. The number of carbonyl (C=O) groups excluding carboxylic acids is 1. The van der Waals surface area contributed by atoms with Gasteiger partial charge in [0.2, 0.25) is 5.91 Å². The largest absolute Gasteiger partial charge is 0.496 e. The lowest BCUT2D eigenvalue weighted by Crippen LogP contribution is -2.32. The number of para-hydroxylation sites is 2. The standard InChI is InChI=1S/C18H20FNO3/c1-20(11-12-23-17-10-6-4-8-15(17)19)18(21)13-14-7-3-5-9-16(14)22-2/h3-10H,11-13H2,1-2H3. The highest BCUT2D eigenvalue weighted by Crippen LogP contribution is 2.18. The Morgan fingerprint density at radius 1 is 1.09 bits per heavy atom. The number of amides is 1. The molecule has 0 saturated carbocycles. The first-order chi connectivity index (χ1) is 11.1. The second kappa shape index (κ2) is 8.17. The highest BCUT2D eigenvalue weighted by Gasteiger charge is 2.13. The van der Waals surface area contributed by atoms with Crippen LogP contribution in [0.25, 0.3) is 0 Å². The van der Waals surface area contributed by atoms with Gasteiger partial charge in [0.05, 0.1) is 20.1 Å². The summed E-state index contributed by atoms with van der Waals surface area (Å²) in [6.07, 6.45) is 0.250. The van der Waals surface area contributed by atoms with Crippen molar-refractivity contribution in [1.82, 2.24) is 4.90 Å². The molecule has 2 rings (SSSR count). The van der Waals surface area contributed by atoms with E-state index in [-0.39, 0.29) is 24.7 Å². The van der Waals surface area contributed by atoms with E-state index >= 15 is 0 Å². The number of ether oxygens (including phenoxy) is 2. The van der Waals surface area contributed by atoms with Crippen LogP contribution in [0.1, 0.15) is 5.56 Å². The molecule has 0 spiro atoms. The fourth-order valence-electron chi connectivity index (χ4n) is 2.13. The summed E-state index contributed by atoms with van der Waals surface area (Å²) in [5, 5.41) is 0. The summed E-state index contributed by atoms with van der Waals surface area (Å²) >= 11 is 0. The number of hydrogen-bond donors (Lipinski definition) is 0. The van der Waals surface area contributed by atoms with Gasteiger partial charge in [-0.1, -0.05) is 30.3 Å². The van der Waals surface area contributed by atoms with E-state index in [1.165, 1.54) is 6.07 Å². The quantitative estimate of drug-likeness (QED) is 0.788. The highest BCUT2D eigenvalue weighted by molar-refractivity contribution is 5.79. The minimum absolute atomic E-state index is 0.0494. The Morgan fingerprint density at radius 3 is 2.43 bits per heavy atom. The second-order valence-corrected chi connectivity index (χ2v) is 5.08. The van der Waals surface area contributed by atoms with E-state index in [1.807, 2.05) is 24.3 Å². The molecule has 0 aliphatic carbocycles. The zero-order chi connectivity index (χ0) is 16.7. The summed E-state index contributed by atoms with van der Waals surface area (Å²) in [5.74, 6) is 0.428. The van der Waals surface area contributed by atoms with Gasteiger partial charge in [-0.05, 0) is 18.2 Å². The highest BCUT2D eigenvalue weighted by atomic mass is 19.1. The molecule has 0 aliphatic heterocycles. The van der Waals surface area contributed by atoms with Gasteiger partial charge >= 0.3 is 0 Å². The van der Waals surface area contributed by atoms with Gasteiger partial charge in [0.1, 0.15) is 12.4 Å². The minimum Gasteiger partial charge on any atom is -0.496 e. The Morgan fingerprint density at radius 2 is 1.74 bits per heavy atom. The van der Waals surface area contributed by atoms with Crippen molar-refractivity contribution in [2.75, 3.05) is 27.3 Å². The molecule has 122 valence electrons. The molecule has 0 aliphatic rings. The molecule has 1 amide bonds. The third-order valence-electron chi connectivity index (χ3n) is 3.48. The Labute approximate surface area is 135 Å². The van der Waals surface area contributed by atoms with Crippen LogP contribution in [0.3, 0.4) is 0 Å². The number of hydrogen-bond acceptors (Lipinski definition) is 3. The normalized spacial score (nSPS) is 10.2. The molecule has 0 saturated heterocycles. The first-order valence-electron chi connectivity index (χ1n) is 7.35. The number of benzene rings is 2. The van der Waals surface area contributed by atoms with Crippen molar-refractivity contribution < 1.29 is 18.7 Å². The van der Waals surface area contributed by atoms with Crippen molar-refractivity contribution in [3.05, 3.63) is 59.9 Å². The van der Waals surface area contributed by atoms with Crippen LogP contribution >= 0.6 is 0 Å². The van der Waals surface area contributed by atoms with E-state index in [9.17, 15) is 9.18 Å². The topological polar surface area (TPSA) is 38.8 Å². The number of likely N-dealkylation sites (N-methyl/N-ethyl adjacent to an activating group) is 1. The van der Waals surface area contributed by atoms with Gasteiger partial charge in [0.15, 0.2) is 11.6 Å². The summed E-state index contributed by atoms with van der Waals surface area (Å²) in [6, 6.07) is 13.6. The van der Waals surface area contributed by atoms with Crippen molar-refractivity contribution in [1.29, 1.82) is 0 Å². The van der Waals surface area contributed by atoms with E-state index in [4.69, 9.17) is 9.47 Å². The average Bonchev–Trinajstić information content (AvgIpc) is 2.57. The predicted molar refractivity (Wildman–Crippen MR) is 86.2 cm³/mol. The smallest absolute Gasteiger partial charge is 0.226 e. The van der Waals surface area contributed by atoms with E-state index in [1.54, 1.807) is 37.3 Å². The molecule has 0 unspecified atom stereocenters. The SMILES string of the molecule is COc1ccccc1CC(=O)N(C)CCOc1ccccc1F. The Kier molecular flexibility index (Phi) is 5.97. The van der Waals surface area contributed by atoms with Gasteiger partial charge < -0.3 is 14.4 Å². The van der Waals surface area contributed by atoms with Crippen LogP contribution in [0.2, 0.25) is 0 Å². The van der Waals surface area contributed by atoms with Crippen molar-refractivity contribution in [2.24, 2.45) is 0 Å². The zero-order valence-corrected chi connectivity index (χ0v) is 13.3. The first-order valence-corrected chi connectivity index (χ1v) is 7.35. The van der Waals surface area contributed by atoms with Crippen molar-refractivity contribution in [3.63, 3.8) is 0 Å². The second-order valence-electron chi connectivity index (χ2n) is 5.08. The van der Waals surface area contributed by atoms with Gasteiger partial charge in [-0.25, -0.2) is 4.39 Å². The van der Waals surface area contributed by atoms with Gasteiger partial charge in [0.25, 0.3) is 0 Å². The number of halogens is 1. The molecule has 0 N–H and O–H groups in total. The maximum atomic E-state index is 13.4. The van der Waals surface area contributed by atoms with Crippen molar-refractivity contribution in [3.8, 4) is 11.5 Å². The van der Waals surface area contributed by atoms with Crippen molar-refractivity contribution in [2.45, 2.75) is 6.42 Å². The van der Waals surface area contributed by atoms with Crippen LogP contribution in [0.4, 0.5) is 4.39 Å². The van der Waals surface area contributed by atoms with Crippen LogP contribution in [0.15, 0.2) is 48.5 Å². The summed E-state index contributed by atoms with van der Waals surface area (Å²) in [5.41, 5.74) is 0.835. The molecule has 2 aromatic carbocycles. The molecule has 5 heteroatoms.